The Bertz CT molecular complexity index is 705. The van der Waals surface area contributed by atoms with Crippen molar-refractivity contribution in [2.45, 2.75) is 29.7 Å². The Morgan fingerprint density at radius 1 is 1.14 bits per heavy atom. The molecular formula is C16H16F2N2OS. The van der Waals surface area contributed by atoms with Gasteiger partial charge in [-0.15, -0.1) is 0 Å². The van der Waals surface area contributed by atoms with Crippen molar-refractivity contribution in [3.05, 3.63) is 53.6 Å². The Balaban J connectivity index is 2.29. The number of nitrogens with one attached hydrogen (secondary N) is 1. The Morgan fingerprint density at radius 3 is 2.50 bits per heavy atom. The number of benzene rings is 2. The zero-order valence-electron chi connectivity index (χ0n) is 12.2. The first kappa shape index (κ1) is 16.3. The van der Waals surface area contributed by atoms with Gasteiger partial charge in [-0.2, -0.15) is 0 Å². The van der Waals surface area contributed by atoms with E-state index in [9.17, 15) is 13.6 Å². The first-order chi connectivity index (χ1) is 10.4. The number of rotatable bonds is 4. The van der Waals surface area contributed by atoms with Crippen LogP contribution in [0.3, 0.4) is 0 Å². The molecule has 0 radical (unpaired) electrons. The molecule has 0 aliphatic carbocycles. The summed E-state index contributed by atoms with van der Waals surface area (Å²) in [6.45, 7) is 3.72. The summed E-state index contributed by atoms with van der Waals surface area (Å²) in [4.78, 5) is 12.8. The van der Waals surface area contributed by atoms with E-state index in [1.165, 1.54) is 12.1 Å². The molecule has 0 aromatic heterocycles. The highest BCUT2D eigenvalue weighted by Gasteiger charge is 2.12. The molecule has 0 unspecified atom stereocenters. The molecule has 0 aliphatic heterocycles. The SMILES string of the molecule is CC(C)NC(=O)c1ccc(N)c(Sc2ccc(F)cc2F)c1. The van der Waals surface area contributed by atoms with Gasteiger partial charge in [0.25, 0.3) is 5.91 Å². The number of amides is 1. The summed E-state index contributed by atoms with van der Waals surface area (Å²) in [5, 5.41) is 2.78. The topological polar surface area (TPSA) is 55.1 Å². The zero-order chi connectivity index (χ0) is 16.3. The Labute approximate surface area is 131 Å². The van der Waals surface area contributed by atoms with Gasteiger partial charge < -0.3 is 11.1 Å². The fourth-order valence-electron chi connectivity index (χ4n) is 1.79. The predicted molar refractivity (Wildman–Crippen MR) is 83.9 cm³/mol. The molecule has 3 N–H and O–H groups in total. The summed E-state index contributed by atoms with van der Waals surface area (Å²) >= 11 is 1.05. The Hall–Kier alpha value is -2.08. The van der Waals surface area contributed by atoms with Crippen molar-refractivity contribution in [1.29, 1.82) is 0 Å². The number of carbonyl (C=O) groups is 1. The minimum absolute atomic E-state index is 0.00991. The number of anilines is 1. The van der Waals surface area contributed by atoms with Crippen LogP contribution in [0.25, 0.3) is 0 Å². The quantitative estimate of drug-likeness (QED) is 0.841. The molecular weight excluding hydrogens is 306 g/mol. The molecule has 0 bridgehead atoms. The predicted octanol–water partition coefficient (Wildman–Crippen LogP) is 3.84. The maximum atomic E-state index is 13.7. The lowest BCUT2D eigenvalue weighted by Gasteiger charge is -2.11. The van der Waals surface area contributed by atoms with E-state index in [1.54, 1.807) is 18.2 Å². The van der Waals surface area contributed by atoms with Crippen LogP contribution < -0.4 is 11.1 Å². The minimum Gasteiger partial charge on any atom is -0.398 e. The number of carbonyl (C=O) groups excluding carboxylic acids is 1. The number of nitrogens with two attached hydrogens (primary N) is 1. The second-order valence-corrected chi connectivity index (χ2v) is 6.14. The standard InChI is InChI=1S/C16H16F2N2OS/c1-9(2)20-16(21)10-3-5-13(19)15(7-10)22-14-6-4-11(17)8-12(14)18/h3-9H,19H2,1-2H3,(H,20,21). The van der Waals surface area contributed by atoms with Gasteiger partial charge in [0, 0.05) is 33.2 Å². The van der Waals surface area contributed by atoms with Gasteiger partial charge in [-0.3, -0.25) is 4.79 Å². The summed E-state index contributed by atoms with van der Waals surface area (Å²) in [5.41, 5.74) is 6.73. The Morgan fingerprint density at radius 2 is 1.86 bits per heavy atom. The molecule has 2 aromatic rings. The monoisotopic (exact) mass is 322 g/mol. The van der Waals surface area contributed by atoms with Gasteiger partial charge in [0.05, 0.1) is 0 Å². The molecule has 0 atom stereocenters. The van der Waals surface area contributed by atoms with Crippen molar-refractivity contribution in [3.63, 3.8) is 0 Å². The van der Waals surface area contributed by atoms with Crippen LogP contribution in [0, 0.1) is 11.6 Å². The lowest BCUT2D eigenvalue weighted by Crippen LogP contribution is -2.30. The molecule has 0 fully saturated rings. The molecule has 1 amide bonds. The van der Waals surface area contributed by atoms with Gasteiger partial charge in [0.1, 0.15) is 11.6 Å². The highest BCUT2D eigenvalue weighted by atomic mass is 32.2. The highest BCUT2D eigenvalue weighted by molar-refractivity contribution is 7.99. The lowest BCUT2D eigenvalue weighted by molar-refractivity contribution is 0.0943. The molecule has 0 spiro atoms. The molecule has 2 rings (SSSR count). The van der Waals surface area contributed by atoms with E-state index in [2.05, 4.69) is 5.32 Å². The van der Waals surface area contributed by atoms with Gasteiger partial charge in [-0.25, -0.2) is 8.78 Å². The van der Waals surface area contributed by atoms with Crippen molar-refractivity contribution in [2.24, 2.45) is 0 Å². The van der Waals surface area contributed by atoms with E-state index in [0.29, 0.717) is 16.1 Å². The van der Waals surface area contributed by atoms with Crippen molar-refractivity contribution in [1.82, 2.24) is 5.32 Å². The highest BCUT2D eigenvalue weighted by Crippen LogP contribution is 2.34. The van der Waals surface area contributed by atoms with Crippen LogP contribution in [0.4, 0.5) is 14.5 Å². The van der Waals surface area contributed by atoms with Gasteiger partial charge in [0.15, 0.2) is 0 Å². The van der Waals surface area contributed by atoms with Crippen LogP contribution in [0.1, 0.15) is 24.2 Å². The third kappa shape index (κ3) is 3.98. The van der Waals surface area contributed by atoms with Crippen LogP contribution in [0.15, 0.2) is 46.2 Å². The zero-order valence-corrected chi connectivity index (χ0v) is 13.0. The minimum atomic E-state index is -0.665. The fraction of sp³-hybridized carbons (Fsp3) is 0.188. The average molecular weight is 322 g/mol. The summed E-state index contributed by atoms with van der Waals surface area (Å²) < 4.78 is 26.6. The summed E-state index contributed by atoms with van der Waals surface area (Å²) in [6, 6.07) is 8.15. The lowest BCUT2D eigenvalue weighted by atomic mass is 10.2. The van der Waals surface area contributed by atoms with Crippen LogP contribution in [-0.4, -0.2) is 11.9 Å². The van der Waals surface area contributed by atoms with Gasteiger partial charge in [0.2, 0.25) is 0 Å². The maximum absolute atomic E-state index is 13.7. The largest absolute Gasteiger partial charge is 0.398 e. The number of nitrogen functional groups attached to an aromatic ring is 1. The first-order valence-corrected chi connectivity index (χ1v) is 7.51. The second kappa shape index (κ2) is 6.79. The molecule has 0 heterocycles. The number of hydrogen-bond donors (Lipinski definition) is 2. The normalized spacial score (nSPS) is 10.8. The second-order valence-electron chi connectivity index (χ2n) is 5.06. The van der Waals surface area contributed by atoms with Crippen molar-refractivity contribution >= 4 is 23.4 Å². The van der Waals surface area contributed by atoms with E-state index >= 15 is 0 Å². The molecule has 3 nitrogen and oxygen atoms in total. The van der Waals surface area contributed by atoms with Gasteiger partial charge in [-0.1, -0.05) is 11.8 Å². The van der Waals surface area contributed by atoms with E-state index < -0.39 is 11.6 Å². The molecule has 0 saturated heterocycles. The third-order valence-corrected chi connectivity index (χ3v) is 3.93. The van der Waals surface area contributed by atoms with Crippen LogP contribution in [-0.2, 0) is 0 Å². The van der Waals surface area contributed by atoms with E-state index in [4.69, 9.17) is 5.73 Å². The molecule has 6 heteroatoms. The molecule has 22 heavy (non-hydrogen) atoms. The maximum Gasteiger partial charge on any atom is 0.251 e. The fourth-order valence-corrected chi connectivity index (χ4v) is 2.69. The van der Waals surface area contributed by atoms with Crippen LogP contribution >= 0.6 is 11.8 Å². The average Bonchev–Trinajstić information content (AvgIpc) is 2.43. The molecule has 0 aliphatic rings. The van der Waals surface area contributed by atoms with Crippen LogP contribution in [0.2, 0.25) is 0 Å². The summed E-state index contributed by atoms with van der Waals surface area (Å²) in [7, 11) is 0. The first-order valence-electron chi connectivity index (χ1n) is 6.70. The van der Waals surface area contributed by atoms with Crippen molar-refractivity contribution < 1.29 is 13.6 Å². The van der Waals surface area contributed by atoms with Crippen molar-refractivity contribution in [3.8, 4) is 0 Å². The van der Waals surface area contributed by atoms with Gasteiger partial charge >= 0.3 is 0 Å². The van der Waals surface area contributed by atoms with Gasteiger partial charge in [-0.05, 0) is 44.2 Å². The number of halogens is 2. The van der Waals surface area contributed by atoms with E-state index in [1.807, 2.05) is 13.8 Å². The molecule has 0 saturated carbocycles. The summed E-state index contributed by atoms with van der Waals surface area (Å²) in [6.07, 6.45) is 0. The summed E-state index contributed by atoms with van der Waals surface area (Å²) in [5.74, 6) is -1.53. The van der Waals surface area contributed by atoms with Crippen molar-refractivity contribution in [2.75, 3.05) is 5.73 Å². The van der Waals surface area contributed by atoms with Crippen LogP contribution in [0.5, 0.6) is 0 Å². The molecule has 116 valence electrons. The van der Waals surface area contributed by atoms with E-state index in [-0.39, 0.29) is 16.8 Å². The van der Waals surface area contributed by atoms with E-state index in [0.717, 1.165) is 17.8 Å². The Kier molecular flexibility index (Phi) is 5.03. The number of hydrogen-bond acceptors (Lipinski definition) is 3. The third-order valence-electron chi connectivity index (χ3n) is 2.81. The molecule has 2 aromatic carbocycles. The smallest absolute Gasteiger partial charge is 0.251 e.